The van der Waals surface area contributed by atoms with Gasteiger partial charge >= 0.3 is 0 Å². The number of aromatic amines is 1. The Bertz CT molecular complexity index is 680. The van der Waals surface area contributed by atoms with E-state index in [1.54, 1.807) is 6.92 Å². The maximum Gasteiger partial charge on any atom is 0.223 e. The van der Waals surface area contributed by atoms with Crippen molar-refractivity contribution < 1.29 is 9.59 Å². The summed E-state index contributed by atoms with van der Waals surface area (Å²) in [6, 6.07) is 8.17. The van der Waals surface area contributed by atoms with Crippen molar-refractivity contribution in [3.8, 4) is 0 Å². The summed E-state index contributed by atoms with van der Waals surface area (Å²) in [6.07, 6.45) is 2.48. The van der Waals surface area contributed by atoms with Gasteiger partial charge in [-0.05, 0) is 23.6 Å². The van der Waals surface area contributed by atoms with Crippen molar-refractivity contribution in [1.82, 2.24) is 9.88 Å². The van der Waals surface area contributed by atoms with Gasteiger partial charge < -0.3 is 9.88 Å². The van der Waals surface area contributed by atoms with Crippen LogP contribution in [0.2, 0.25) is 0 Å². The number of aromatic nitrogens is 1. The minimum atomic E-state index is 0.123. The highest BCUT2D eigenvalue weighted by atomic mass is 32.2. The van der Waals surface area contributed by atoms with Crippen LogP contribution >= 0.6 is 11.8 Å². The van der Waals surface area contributed by atoms with Gasteiger partial charge in [-0.15, -0.1) is 0 Å². The number of likely N-dealkylation sites (tertiary alicyclic amines) is 1. The number of nitrogens with zero attached hydrogens (tertiary/aromatic N) is 1. The molecule has 0 aliphatic carbocycles. The Kier molecular flexibility index (Phi) is 4.01. The van der Waals surface area contributed by atoms with Crippen molar-refractivity contribution in [2.24, 2.45) is 5.92 Å². The van der Waals surface area contributed by atoms with E-state index in [1.165, 1.54) is 22.7 Å². The van der Waals surface area contributed by atoms with Gasteiger partial charge in [0.1, 0.15) is 0 Å². The molecule has 110 valence electrons. The summed E-state index contributed by atoms with van der Waals surface area (Å²) < 4.78 is 0. The van der Waals surface area contributed by atoms with Crippen molar-refractivity contribution in [1.29, 1.82) is 0 Å². The Morgan fingerprint density at radius 2 is 2.29 bits per heavy atom. The highest BCUT2D eigenvalue weighted by Crippen LogP contribution is 2.26. The first-order valence-electron chi connectivity index (χ1n) is 7.09. The molecule has 1 atom stereocenters. The predicted octanol–water partition coefficient (Wildman–Crippen LogP) is 2.80. The van der Waals surface area contributed by atoms with Gasteiger partial charge in [0.25, 0.3) is 0 Å². The molecule has 2 heterocycles. The molecule has 1 aliphatic heterocycles. The first-order valence-corrected chi connectivity index (χ1v) is 8.08. The maximum absolute atomic E-state index is 12.1. The lowest BCUT2D eigenvalue weighted by Gasteiger charge is -2.17. The summed E-state index contributed by atoms with van der Waals surface area (Å²) in [6.45, 7) is 2.97. The summed E-state index contributed by atoms with van der Waals surface area (Å²) in [5, 5.41) is 1.30. The van der Waals surface area contributed by atoms with E-state index in [0.29, 0.717) is 13.0 Å². The molecular weight excluding hydrogens is 284 g/mol. The van der Waals surface area contributed by atoms with Crippen LogP contribution < -0.4 is 0 Å². The zero-order valence-corrected chi connectivity index (χ0v) is 12.8. The molecule has 4 nitrogen and oxygen atoms in total. The normalized spacial score (nSPS) is 18.6. The summed E-state index contributed by atoms with van der Waals surface area (Å²) in [5.74, 6) is 1.22. The molecular formula is C16H18N2O2S. The third-order valence-corrected chi connectivity index (χ3v) is 4.91. The minimum Gasteiger partial charge on any atom is -0.361 e. The van der Waals surface area contributed by atoms with Crippen LogP contribution in [0.5, 0.6) is 0 Å². The van der Waals surface area contributed by atoms with Gasteiger partial charge in [-0.25, -0.2) is 0 Å². The molecule has 21 heavy (non-hydrogen) atoms. The van der Waals surface area contributed by atoms with Crippen molar-refractivity contribution in [3.05, 3.63) is 36.0 Å². The second-order valence-corrected chi connectivity index (χ2v) is 6.70. The number of fused-ring (bicyclic) bond motifs is 1. The number of carbonyl (C=O) groups is 2. The number of H-pyrrole nitrogens is 1. The molecule has 0 bridgehead atoms. The third-order valence-electron chi connectivity index (χ3n) is 3.86. The fourth-order valence-electron chi connectivity index (χ4n) is 2.85. The van der Waals surface area contributed by atoms with Gasteiger partial charge in [0.2, 0.25) is 5.91 Å². The lowest BCUT2D eigenvalue weighted by atomic mass is 10.1. The number of hydrogen-bond donors (Lipinski definition) is 1. The lowest BCUT2D eigenvalue weighted by Crippen LogP contribution is -2.24. The molecule has 1 fully saturated rings. The molecule has 1 aromatic carbocycles. The van der Waals surface area contributed by atoms with Crippen LogP contribution in [0.1, 0.15) is 18.9 Å². The van der Waals surface area contributed by atoms with Gasteiger partial charge in [-0.3, -0.25) is 9.59 Å². The zero-order valence-electron chi connectivity index (χ0n) is 12.0. The average Bonchev–Trinajstić information content (AvgIpc) is 3.04. The zero-order chi connectivity index (χ0) is 14.8. The molecule has 0 spiro atoms. The summed E-state index contributed by atoms with van der Waals surface area (Å²) in [5.41, 5.74) is 2.27. The lowest BCUT2D eigenvalue weighted by molar-refractivity contribution is -0.128. The Hall–Kier alpha value is -1.75. The quantitative estimate of drug-likeness (QED) is 0.945. The van der Waals surface area contributed by atoms with Crippen LogP contribution in [0.4, 0.5) is 0 Å². The molecule has 3 rings (SSSR count). The Labute approximate surface area is 127 Å². The number of carbonyl (C=O) groups excluding carboxylic acids is 2. The number of thioether (sulfide) groups is 1. The van der Waals surface area contributed by atoms with E-state index in [9.17, 15) is 9.59 Å². The molecule has 2 aromatic rings. The van der Waals surface area contributed by atoms with Crippen molar-refractivity contribution in [2.45, 2.75) is 19.9 Å². The van der Waals surface area contributed by atoms with Crippen molar-refractivity contribution in [2.75, 3.05) is 12.3 Å². The van der Waals surface area contributed by atoms with Crippen LogP contribution in [0.25, 0.3) is 10.9 Å². The first-order chi connectivity index (χ1) is 10.1. The van der Waals surface area contributed by atoms with Crippen molar-refractivity contribution >= 4 is 33.7 Å². The molecule has 0 radical (unpaired) electrons. The van der Waals surface area contributed by atoms with Crippen LogP contribution in [0.15, 0.2) is 30.5 Å². The summed E-state index contributed by atoms with van der Waals surface area (Å²) >= 11 is 1.32. The monoisotopic (exact) mass is 302 g/mol. The standard InChI is InChI=1S/C16H18N2O2S/c1-11(19)21-10-12-7-16(20)18(8-12)9-13-3-2-4-15-14(13)5-6-17-15/h2-6,12,17H,7-10H2,1H3. The number of amides is 1. The average molecular weight is 302 g/mol. The molecule has 1 aliphatic rings. The minimum absolute atomic E-state index is 0.123. The van der Waals surface area contributed by atoms with Crippen LogP contribution in [0, 0.1) is 5.92 Å². The molecule has 1 aromatic heterocycles. The Morgan fingerprint density at radius 3 is 3.10 bits per heavy atom. The molecule has 0 saturated carbocycles. The second kappa shape index (κ2) is 5.93. The number of nitrogens with one attached hydrogen (secondary N) is 1. The van der Waals surface area contributed by atoms with Crippen molar-refractivity contribution in [3.63, 3.8) is 0 Å². The molecule has 1 N–H and O–H groups in total. The van der Waals surface area contributed by atoms with Gasteiger partial charge in [0.15, 0.2) is 5.12 Å². The summed E-state index contributed by atoms with van der Waals surface area (Å²) in [4.78, 5) is 28.3. The van der Waals surface area contributed by atoms with E-state index in [4.69, 9.17) is 0 Å². The third kappa shape index (κ3) is 3.13. The second-order valence-electron chi connectivity index (χ2n) is 5.50. The number of benzene rings is 1. The van der Waals surface area contributed by atoms with E-state index in [0.717, 1.165) is 17.8 Å². The largest absolute Gasteiger partial charge is 0.361 e. The fraction of sp³-hybridized carbons (Fsp3) is 0.375. The van der Waals surface area contributed by atoms with Gasteiger partial charge in [0.05, 0.1) is 0 Å². The van der Waals surface area contributed by atoms with E-state index in [2.05, 4.69) is 11.1 Å². The fourth-order valence-corrected chi connectivity index (χ4v) is 3.54. The Balaban J connectivity index is 1.69. The number of hydrogen-bond acceptors (Lipinski definition) is 3. The first kappa shape index (κ1) is 14.2. The predicted molar refractivity (Wildman–Crippen MR) is 85.0 cm³/mol. The summed E-state index contributed by atoms with van der Waals surface area (Å²) in [7, 11) is 0. The molecule has 5 heteroatoms. The van der Waals surface area contributed by atoms with Crippen LogP contribution in [0.3, 0.4) is 0 Å². The van der Waals surface area contributed by atoms with Gasteiger partial charge in [-0.1, -0.05) is 23.9 Å². The highest BCUT2D eigenvalue weighted by molar-refractivity contribution is 8.13. The SMILES string of the molecule is CC(=O)SCC1CC(=O)N(Cc2cccc3[nH]ccc23)C1. The highest BCUT2D eigenvalue weighted by Gasteiger charge is 2.29. The molecule has 1 amide bonds. The number of rotatable bonds is 4. The van der Waals surface area contributed by atoms with Crippen LogP contribution in [-0.2, 0) is 16.1 Å². The van der Waals surface area contributed by atoms with Crippen LogP contribution in [-0.4, -0.2) is 33.2 Å². The van der Waals surface area contributed by atoms with E-state index >= 15 is 0 Å². The van der Waals surface area contributed by atoms with Gasteiger partial charge in [0, 0.05) is 49.3 Å². The van der Waals surface area contributed by atoms with E-state index < -0.39 is 0 Å². The van der Waals surface area contributed by atoms with E-state index in [-0.39, 0.29) is 16.9 Å². The van der Waals surface area contributed by atoms with Gasteiger partial charge in [-0.2, -0.15) is 0 Å². The van der Waals surface area contributed by atoms with E-state index in [1.807, 2.05) is 29.3 Å². The smallest absolute Gasteiger partial charge is 0.223 e. The molecule has 1 unspecified atom stereocenters. The Morgan fingerprint density at radius 1 is 1.43 bits per heavy atom. The molecule has 1 saturated heterocycles. The topological polar surface area (TPSA) is 53.2 Å². The maximum atomic E-state index is 12.1.